The molecule has 0 unspecified atom stereocenters. The van der Waals surface area contributed by atoms with Crippen molar-refractivity contribution in [1.82, 2.24) is 5.32 Å². The summed E-state index contributed by atoms with van der Waals surface area (Å²) in [6.45, 7) is 7.35. The number of aldehydes is 1. The molecule has 0 radical (unpaired) electrons. The van der Waals surface area contributed by atoms with E-state index in [0.29, 0.717) is 59.0 Å². The van der Waals surface area contributed by atoms with Crippen molar-refractivity contribution in [2.75, 3.05) is 65.9 Å². The summed E-state index contributed by atoms with van der Waals surface area (Å²) in [4.78, 5) is 21.2. The maximum Gasteiger partial charge on any atom is 0.246 e. The Morgan fingerprint density at radius 1 is 1.00 bits per heavy atom. The number of carbonyl (C=O) groups excluding carboxylic acids is 2. The Kier molecular flexibility index (Phi) is 23.4. The van der Waals surface area contributed by atoms with E-state index in [-0.39, 0.29) is 22.0 Å². The molecule has 0 saturated carbocycles. The summed E-state index contributed by atoms with van der Waals surface area (Å²) in [5.41, 5.74) is 5.24. The summed E-state index contributed by atoms with van der Waals surface area (Å²) >= 11 is 0. The number of rotatable bonds is 15. The number of ether oxygens (including phenoxy) is 4. The number of nitrogens with one attached hydrogen (secondary N) is 1. The minimum Gasteiger partial charge on any atom is -0.378 e. The molecule has 0 rings (SSSR count). The van der Waals surface area contributed by atoms with Crippen molar-refractivity contribution in [1.29, 1.82) is 0 Å². The summed E-state index contributed by atoms with van der Waals surface area (Å²) < 4.78 is 20.2. The van der Waals surface area contributed by atoms with Crippen LogP contribution in [-0.4, -0.2) is 78.1 Å². The largest absolute Gasteiger partial charge is 0.378 e. The van der Waals surface area contributed by atoms with Crippen molar-refractivity contribution in [2.45, 2.75) is 13.8 Å². The molecule has 1 amide bonds. The van der Waals surface area contributed by atoms with Gasteiger partial charge in [0.05, 0.1) is 39.6 Å². The van der Waals surface area contributed by atoms with E-state index in [1.807, 2.05) is 13.8 Å². The van der Waals surface area contributed by atoms with Gasteiger partial charge in [-0.25, -0.2) is 0 Å². The topological polar surface area (TPSA) is 109 Å². The van der Waals surface area contributed by atoms with Crippen LogP contribution in [0.3, 0.4) is 0 Å². The Hall–Kier alpha value is -1.06. The highest BCUT2D eigenvalue weighted by Gasteiger charge is 2.00. The maximum atomic E-state index is 11.3. The van der Waals surface area contributed by atoms with Crippen LogP contribution in [0.4, 0.5) is 0 Å². The van der Waals surface area contributed by atoms with Gasteiger partial charge in [-0.15, -0.1) is 0 Å². The van der Waals surface area contributed by atoms with E-state index < -0.39 is 0 Å². The van der Waals surface area contributed by atoms with Gasteiger partial charge in [-0.05, 0) is 0 Å². The lowest BCUT2D eigenvalue weighted by atomic mass is 10.6. The highest BCUT2D eigenvalue weighted by molar-refractivity contribution is 5.77. The predicted octanol–water partition coefficient (Wildman–Crippen LogP) is -0.155. The van der Waals surface area contributed by atoms with Crippen molar-refractivity contribution in [3.8, 4) is 0 Å². The zero-order valence-corrected chi connectivity index (χ0v) is 13.7. The first-order valence-electron chi connectivity index (χ1n) is 7.52. The minimum absolute atomic E-state index is 0. The van der Waals surface area contributed by atoms with Gasteiger partial charge < -0.3 is 34.8 Å². The summed E-state index contributed by atoms with van der Waals surface area (Å²) in [5.74, 6) is -0.204. The molecule has 22 heavy (non-hydrogen) atoms. The molecular formula is C14H34N2O6. The highest BCUT2D eigenvalue weighted by Crippen LogP contribution is 1.80. The van der Waals surface area contributed by atoms with E-state index in [1.165, 1.54) is 0 Å². The third-order valence-electron chi connectivity index (χ3n) is 1.99. The van der Waals surface area contributed by atoms with Gasteiger partial charge in [-0.3, -0.25) is 4.79 Å². The van der Waals surface area contributed by atoms with Crippen molar-refractivity contribution in [3.63, 3.8) is 0 Å². The van der Waals surface area contributed by atoms with Gasteiger partial charge >= 0.3 is 0 Å². The molecule has 0 atom stereocenters. The minimum atomic E-state index is -0.204. The van der Waals surface area contributed by atoms with Crippen molar-refractivity contribution >= 4 is 12.2 Å². The van der Waals surface area contributed by atoms with Gasteiger partial charge in [0, 0.05) is 15.9 Å². The van der Waals surface area contributed by atoms with Crippen molar-refractivity contribution in [3.05, 3.63) is 0 Å². The quantitative estimate of drug-likeness (QED) is 0.318. The first-order valence-corrected chi connectivity index (χ1v) is 7.52. The van der Waals surface area contributed by atoms with Gasteiger partial charge in [0.25, 0.3) is 0 Å². The first kappa shape index (κ1) is 23.2. The van der Waals surface area contributed by atoms with E-state index in [0.717, 1.165) is 0 Å². The standard InChI is InChI=1S/C12H24N2O6.C2H6.2H2/c13-1-4-17-9-10-20-11-12(16)14-2-5-18-7-8-19-6-3-15;1-2;;/h3H,1-2,4-11,13H2,(H,14,16);1-2H3;2*1H. The highest BCUT2D eigenvalue weighted by atomic mass is 16.5. The Labute approximate surface area is 135 Å². The summed E-state index contributed by atoms with van der Waals surface area (Å²) in [5, 5.41) is 2.64. The smallest absolute Gasteiger partial charge is 0.246 e. The molecule has 0 bridgehead atoms. The predicted molar refractivity (Wildman–Crippen MR) is 87.0 cm³/mol. The lowest BCUT2D eigenvalue weighted by Crippen LogP contribution is -2.31. The van der Waals surface area contributed by atoms with Crippen LogP contribution in [0, 0.1) is 0 Å². The SMILES string of the molecule is CC.NCCOCCOCC(=O)NCCOCCOCC=O.[HH].[HH]. The van der Waals surface area contributed by atoms with Crippen LogP contribution < -0.4 is 11.1 Å². The molecule has 0 aromatic carbocycles. The second-order valence-corrected chi connectivity index (χ2v) is 3.66. The molecule has 0 aromatic heterocycles. The lowest BCUT2D eigenvalue weighted by Gasteiger charge is -2.07. The molecule has 8 heteroatoms. The Bertz CT molecular complexity index is 251. The van der Waals surface area contributed by atoms with Gasteiger partial charge in [-0.2, -0.15) is 0 Å². The number of amides is 1. The average Bonchev–Trinajstić information content (AvgIpc) is 2.55. The number of carbonyl (C=O) groups is 2. The molecule has 0 heterocycles. The fraction of sp³-hybridized carbons (Fsp3) is 0.857. The van der Waals surface area contributed by atoms with Crippen LogP contribution in [0.1, 0.15) is 16.7 Å². The van der Waals surface area contributed by atoms with Crippen molar-refractivity contribution < 1.29 is 31.4 Å². The Morgan fingerprint density at radius 2 is 1.59 bits per heavy atom. The monoisotopic (exact) mass is 326 g/mol. The zero-order chi connectivity index (χ0) is 16.9. The molecule has 8 nitrogen and oxygen atoms in total. The van der Waals surface area contributed by atoms with Crippen LogP contribution in [0.25, 0.3) is 0 Å². The average molecular weight is 326 g/mol. The van der Waals surface area contributed by atoms with E-state index in [9.17, 15) is 9.59 Å². The van der Waals surface area contributed by atoms with Crippen LogP contribution in [0.5, 0.6) is 0 Å². The molecule has 0 spiro atoms. The number of hydrogen-bond donors (Lipinski definition) is 2. The first-order chi connectivity index (χ1) is 10.8. The molecule has 0 aliphatic heterocycles. The molecule has 136 valence electrons. The molecule has 0 aromatic rings. The van der Waals surface area contributed by atoms with Crippen molar-refractivity contribution in [2.24, 2.45) is 5.73 Å². The lowest BCUT2D eigenvalue weighted by molar-refractivity contribution is -0.126. The molecule has 0 saturated heterocycles. The fourth-order valence-electron chi connectivity index (χ4n) is 1.13. The maximum absolute atomic E-state index is 11.3. The van der Waals surface area contributed by atoms with E-state index in [1.54, 1.807) is 0 Å². The zero-order valence-electron chi connectivity index (χ0n) is 13.7. The van der Waals surface area contributed by atoms with Gasteiger partial charge in [-0.1, -0.05) is 13.8 Å². The fourth-order valence-corrected chi connectivity index (χ4v) is 1.13. The molecule has 0 aliphatic carbocycles. The summed E-state index contributed by atoms with van der Waals surface area (Å²) in [6.07, 6.45) is 0.682. The number of nitrogens with two attached hydrogens (primary N) is 1. The van der Waals surface area contributed by atoms with E-state index >= 15 is 0 Å². The molecular weight excluding hydrogens is 292 g/mol. The Morgan fingerprint density at radius 3 is 2.23 bits per heavy atom. The van der Waals surface area contributed by atoms with Crippen LogP contribution >= 0.6 is 0 Å². The third-order valence-corrected chi connectivity index (χ3v) is 1.99. The summed E-state index contributed by atoms with van der Waals surface area (Å²) in [6, 6.07) is 0. The van der Waals surface area contributed by atoms with Gasteiger partial charge in [0.2, 0.25) is 5.91 Å². The molecule has 0 aliphatic rings. The third kappa shape index (κ3) is 21.2. The normalized spacial score (nSPS) is 9.77. The second kappa shape index (κ2) is 22.2. The molecule has 3 N–H and O–H groups in total. The van der Waals surface area contributed by atoms with E-state index in [2.05, 4.69) is 5.32 Å². The van der Waals surface area contributed by atoms with Crippen LogP contribution in [-0.2, 0) is 28.5 Å². The van der Waals surface area contributed by atoms with Gasteiger partial charge in [0.15, 0.2) is 0 Å². The van der Waals surface area contributed by atoms with E-state index in [4.69, 9.17) is 24.7 Å². The van der Waals surface area contributed by atoms with Crippen LogP contribution in [0.15, 0.2) is 0 Å². The summed E-state index contributed by atoms with van der Waals surface area (Å²) in [7, 11) is 0. The van der Waals surface area contributed by atoms with Gasteiger partial charge in [0.1, 0.15) is 19.5 Å². The Balaban J connectivity index is -0.000000480. The molecule has 0 fully saturated rings. The number of hydrogen-bond acceptors (Lipinski definition) is 7. The van der Waals surface area contributed by atoms with Crippen LogP contribution in [0.2, 0.25) is 0 Å². The second-order valence-electron chi connectivity index (χ2n) is 3.66.